The molecule has 5 nitrogen and oxygen atoms in total. The highest BCUT2D eigenvalue weighted by Gasteiger charge is 2.27. The lowest BCUT2D eigenvalue weighted by molar-refractivity contribution is 0.0921. The Balaban J connectivity index is 1.77. The number of aryl methyl sites for hydroxylation is 1. The Bertz CT molecular complexity index is 771. The molecule has 2 N–H and O–H groups in total. The van der Waals surface area contributed by atoms with Gasteiger partial charge in [0.15, 0.2) is 0 Å². The molecule has 1 aliphatic rings. The molecule has 26 heavy (non-hydrogen) atoms. The molecule has 0 saturated carbocycles. The van der Waals surface area contributed by atoms with Crippen LogP contribution >= 0.6 is 0 Å². The molecular weight excluding hydrogens is 326 g/mol. The maximum atomic E-state index is 12.8. The number of piperidine rings is 1. The Morgan fingerprint density at radius 2 is 1.88 bits per heavy atom. The standard InChI is InChI=1S/C21H29N3O2/c1-15-13-19(20(25)23-14-21(3)9-11-22-12-10-21)16(2)24(15)17-5-7-18(26-4)8-6-17/h5-8,13,22H,9-12,14H2,1-4H3,(H,23,25). The highest BCUT2D eigenvalue weighted by Crippen LogP contribution is 2.27. The first kappa shape index (κ1) is 18.5. The van der Waals surface area contributed by atoms with Crippen LogP contribution in [0.15, 0.2) is 30.3 Å². The van der Waals surface area contributed by atoms with Crippen molar-refractivity contribution in [3.63, 3.8) is 0 Å². The average molecular weight is 355 g/mol. The van der Waals surface area contributed by atoms with Crippen LogP contribution in [-0.2, 0) is 0 Å². The van der Waals surface area contributed by atoms with E-state index in [0.717, 1.165) is 60.9 Å². The molecule has 1 saturated heterocycles. The van der Waals surface area contributed by atoms with Gasteiger partial charge in [0.1, 0.15) is 5.75 Å². The van der Waals surface area contributed by atoms with Crippen LogP contribution < -0.4 is 15.4 Å². The zero-order valence-electron chi connectivity index (χ0n) is 16.2. The lowest BCUT2D eigenvalue weighted by Crippen LogP contribution is -2.43. The smallest absolute Gasteiger partial charge is 0.253 e. The minimum absolute atomic E-state index is 0.0117. The van der Waals surface area contributed by atoms with Crippen LogP contribution in [0, 0.1) is 19.3 Å². The van der Waals surface area contributed by atoms with E-state index in [2.05, 4.69) is 22.1 Å². The first-order valence-corrected chi connectivity index (χ1v) is 9.26. The van der Waals surface area contributed by atoms with E-state index in [1.54, 1.807) is 7.11 Å². The van der Waals surface area contributed by atoms with Crippen molar-refractivity contribution in [3.8, 4) is 11.4 Å². The summed E-state index contributed by atoms with van der Waals surface area (Å²) in [6.45, 7) is 9.06. The molecule has 0 bridgehead atoms. The SMILES string of the molecule is COc1ccc(-n2c(C)cc(C(=O)NCC3(C)CCNCC3)c2C)cc1. The topological polar surface area (TPSA) is 55.3 Å². The van der Waals surface area contributed by atoms with Crippen molar-refractivity contribution < 1.29 is 9.53 Å². The number of benzene rings is 1. The van der Waals surface area contributed by atoms with Crippen LogP contribution in [0.3, 0.4) is 0 Å². The minimum Gasteiger partial charge on any atom is -0.497 e. The quantitative estimate of drug-likeness (QED) is 0.866. The summed E-state index contributed by atoms with van der Waals surface area (Å²) in [5.74, 6) is 0.835. The molecule has 140 valence electrons. The number of hydrogen-bond acceptors (Lipinski definition) is 3. The van der Waals surface area contributed by atoms with Gasteiger partial charge in [-0.25, -0.2) is 0 Å². The average Bonchev–Trinajstić information content (AvgIpc) is 2.95. The summed E-state index contributed by atoms with van der Waals surface area (Å²) in [6, 6.07) is 9.87. The van der Waals surface area contributed by atoms with Gasteiger partial charge in [0, 0.05) is 23.6 Å². The number of ether oxygens (including phenoxy) is 1. The van der Waals surface area contributed by atoms with Gasteiger partial charge in [-0.2, -0.15) is 0 Å². The van der Waals surface area contributed by atoms with E-state index < -0.39 is 0 Å². The monoisotopic (exact) mass is 355 g/mol. The predicted molar refractivity (Wildman–Crippen MR) is 104 cm³/mol. The summed E-state index contributed by atoms with van der Waals surface area (Å²) in [5, 5.41) is 6.54. The fraction of sp³-hybridized carbons (Fsp3) is 0.476. The molecule has 1 aromatic carbocycles. The third-order valence-corrected chi connectivity index (χ3v) is 5.49. The fourth-order valence-corrected chi connectivity index (χ4v) is 3.72. The molecule has 0 radical (unpaired) electrons. The van der Waals surface area contributed by atoms with Gasteiger partial charge in [0.25, 0.3) is 5.91 Å². The molecule has 0 spiro atoms. The summed E-state index contributed by atoms with van der Waals surface area (Å²) in [6.07, 6.45) is 2.19. The second-order valence-corrected chi connectivity index (χ2v) is 7.56. The molecule has 1 aromatic heterocycles. The molecule has 1 aliphatic heterocycles. The fourth-order valence-electron chi connectivity index (χ4n) is 3.72. The largest absolute Gasteiger partial charge is 0.497 e. The highest BCUT2D eigenvalue weighted by molar-refractivity contribution is 5.96. The van der Waals surface area contributed by atoms with E-state index in [0.29, 0.717) is 0 Å². The van der Waals surface area contributed by atoms with Gasteiger partial charge in [0.2, 0.25) is 0 Å². The van der Waals surface area contributed by atoms with Crippen molar-refractivity contribution in [2.24, 2.45) is 5.41 Å². The number of hydrogen-bond donors (Lipinski definition) is 2. The molecule has 1 amide bonds. The first-order valence-electron chi connectivity index (χ1n) is 9.26. The van der Waals surface area contributed by atoms with Crippen molar-refractivity contribution in [1.29, 1.82) is 0 Å². The van der Waals surface area contributed by atoms with Gasteiger partial charge in [-0.1, -0.05) is 6.92 Å². The van der Waals surface area contributed by atoms with Crippen molar-refractivity contribution in [3.05, 3.63) is 47.3 Å². The lowest BCUT2D eigenvalue weighted by atomic mass is 9.81. The summed E-state index contributed by atoms with van der Waals surface area (Å²) < 4.78 is 7.34. The number of nitrogens with one attached hydrogen (secondary N) is 2. The maximum absolute atomic E-state index is 12.8. The van der Waals surface area contributed by atoms with E-state index in [9.17, 15) is 4.79 Å². The number of rotatable bonds is 5. The number of amides is 1. The van der Waals surface area contributed by atoms with Crippen molar-refractivity contribution in [2.75, 3.05) is 26.7 Å². The molecule has 0 unspecified atom stereocenters. The molecule has 2 aromatic rings. The van der Waals surface area contributed by atoms with Gasteiger partial charge >= 0.3 is 0 Å². The van der Waals surface area contributed by atoms with Gasteiger partial charge in [-0.3, -0.25) is 4.79 Å². The van der Waals surface area contributed by atoms with E-state index in [4.69, 9.17) is 4.74 Å². The molecule has 0 aliphatic carbocycles. The lowest BCUT2D eigenvalue weighted by Gasteiger charge is -2.34. The molecular formula is C21H29N3O2. The van der Waals surface area contributed by atoms with E-state index >= 15 is 0 Å². The second kappa shape index (κ2) is 7.54. The Labute approximate surface area is 155 Å². The zero-order valence-corrected chi connectivity index (χ0v) is 16.2. The van der Waals surface area contributed by atoms with Crippen molar-refractivity contribution in [2.45, 2.75) is 33.6 Å². The van der Waals surface area contributed by atoms with Gasteiger partial charge < -0.3 is 19.9 Å². The Morgan fingerprint density at radius 3 is 2.50 bits per heavy atom. The number of carbonyl (C=O) groups is 1. The normalized spacial score (nSPS) is 16.3. The third-order valence-electron chi connectivity index (χ3n) is 5.49. The van der Waals surface area contributed by atoms with Gasteiger partial charge in [-0.15, -0.1) is 0 Å². The van der Waals surface area contributed by atoms with Crippen LogP contribution in [0.4, 0.5) is 0 Å². The van der Waals surface area contributed by atoms with E-state index in [1.165, 1.54) is 0 Å². The summed E-state index contributed by atoms with van der Waals surface area (Å²) in [5.41, 5.74) is 3.97. The van der Waals surface area contributed by atoms with Gasteiger partial charge in [-0.05, 0) is 75.5 Å². The molecule has 2 heterocycles. The maximum Gasteiger partial charge on any atom is 0.253 e. The zero-order chi connectivity index (χ0) is 18.7. The second-order valence-electron chi connectivity index (χ2n) is 7.56. The molecule has 5 heteroatoms. The summed E-state index contributed by atoms with van der Waals surface area (Å²) >= 11 is 0. The van der Waals surface area contributed by atoms with Crippen molar-refractivity contribution >= 4 is 5.91 Å². The van der Waals surface area contributed by atoms with Crippen LogP contribution in [0.1, 0.15) is 41.5 Å². The molecule has 1 fully saturated rings. The van der Waals surface area contributed by atoms with Crippen LogP contribution in [0.5, 0.6) is 5.75 Å². The summed E-state index contributed by atoms with van der Waals surface area (Å²) in [7, 11) is 1.66. The van der Waals surface area contributed by atoms with Crippen molar-refractivity contribution in [1.82, 2.24) is 15.2 Å². The summed E-state index contributed by atoms with van der Waals surface area (Å²) in [4.78, 5) is 12.8. The molecule has 3 rings (SSSR count). The predicted octanol–water partition coefficient (Wildman–Crippen LogP) is 3.22. The third kappa shape index (κ3) is 3.78. The Morgan fingerprint density at radius 1 is 1.23 bits per heavy atom. The number of aromatic nitrogens is 1. The number of methoxy groups -OCH3 is 1. The van der Waals surface area contributed by atoms with E-state index in [-0.39, 0.29) is 11.3 Å². The highest BCUT2D eigenvalue weighted by atomic mass is 16.5. The van der Waals surface area contributed by atoms with Gasteiger partial charge in [0.05, 0.1) is 12.7 Å². The first-order chi connectivity index (χ1) is 12.4. The molecule has 0 atom stereocenters. The number of carbonyl (C=O) groups excluding carboxylic acids is 1. The van der Waals surface area contributed by atoms with Crippen LogP contribution in [-0.4, -0.2) is 37.2 Å². The Hall–Kier alpha value is -2.27. The Kier molecular flexibility index (Phi) is 5.37. The van der Waals surface area contributed by atoms with Crippen LogP contribution in [0.2, 0.25) is 0 Å². The number of nitrogens with zero attached hydrogens (tertiary/aromatic N) is 1. The van der Waals surface area contributed by atoms with E-state index in [1.807, 2.05) is 44.2 Å². The van der Waals surface area contributed by atoms with Crippen LogP contribution in [0.25, 0.3) is 5.69 Å². The minimum atomic E-state index is 0.0117.